The molecule has 0 aromatic carbocycles. The third-order valence-electron chi connectivity index (χ3n) is 2.57. The van der Waals surface area contributed by atoms with Crippen LogP contribution in [-0.4, -0.2) is 34.0 Å². The molecule has 0 amide bonds. The third-order valence-corrected chi connectivity index (χ3v) is 2.57. The van der Waals surface area contributed by atoms with Gasteiger partial charge in [-0.1, -0.05) is 6.92 Å². The second-order valence-corrected chi connectivity index (χ2v) is 3.84. The predicted octanol–water partition coefficient (Wildman–Crippen LogP) is 1.25. The SMILES string of the molecule is CCC(C(=O)O)N(C)Cc1ccnc(C#N)c1. The van der Waals surface area contributed by atoms with Crippen LogP contribution in [0.4, 0.5) is 0 Å². The Bertz CT molecular complexity index is 440. The molecule has 0 bridgehead atoms. The van der Waals surface area contributed by atoms with E-state index in [4.69, 9.17) is 10.4 Å². The fraction of sp³-hybridized carbons (Fsp3) is 0.417. The third kappa shape index (κ3) is 3.54. The molecule has 1 heterocycles. The topological polar surface area (TPSA) is 77.2 Å². The van der Waals surface area contributed by atoms with Crippen molar-refractivity contribution in [2.75, 3.05) is 7.05 Å². The lowest BCUT2D eigenvalue weighted by Gasteiger charge is -2.23. The number of likely N-dealkylation sites (N-methyl/N-ethyl adjacent to an activating group) is 1. The van der Waals surface area contributed by atoms with Gasteiger partial charge < -0.3 is 5.11 Å². The maximum atomic E-state index is 11.0. The molecule has 1 aromatic rings. The monoisotopic (exact) mass is 233 g/mol. The fourth-order valence-corrected chi connectivity index (χ4v) is 1.71. The molecule has 1 rings (SSSR count). The molecule has 1 N–H and O–H groups in total. The van der Waals surface area contributed by atoms with Crippen LogP contribution in [0.2, 0.25) is 0 Å². The first-order valence-corrected chi connectivity index (χ1v) is 5.36. The van der Waals surface area contributed by atoms with E-state index in [1.807, 2.05) is 13.0 Å². The molecule has 0 saturated carbocycles. The Hall–Kier alpha value is -1.93. The number of aliphatic carboxylic acids is 1. The zero-order valence-corrected chi connectivity index (χ0v) is 9.92. The highest BCUT2D eigenvalue weighted by Crippen LogP contribution is 2.09. The molecule has 0 fully saturated rings. The first kappa shape index (κ1) is 13.1. The molecule has 0 aliphatic heterocycles. The fourth-order valence-electron chi connectivity index (χ4n) is 1.71. The van der Waals surface area contributed by atoms with Crippen molar-refractivity contribution >= 4 is 5.97 Å². The summed E-state index contributed by atoms with van der Waals surface area (Å²) >= 11 is 0. The number of hydrogen-bond donors (Lipinski definition) is 1. The summed E-state index contributed by atoms with van der Waals surface area (Å²) in [6.45, 7) is 2.32. The number of carbonyl (C=O) groups is 1. The molecule has 5 nitrogen and oxygen atoms in total. The highest BCUT2D eigenvalue weighted by atomic mass is 16.4. The minimum atomic E-state index is -0.829. The Morgan fingerprint density at radius 2 is 2.41 bits per heavy atom. The quantitative estimate of drug-likeness (QED) is 0.828. The second kappa shape index (κ2) is 5.97. The molecule has 90 valence electrons. The molecule has 0 saturated heterocycles. The number of rotatable bonds is 5. The van der Waals surface area contributed by atoms with Gasteiger partial charge in [-0.2, -0.15) is 5.26 Å². The van der Waals surface area contributed by atoms with Crippen molar-refractivity contribution < 1.29 is 9.90 Å². The first-order chi connectivity index (χ1) is 8.08. The molecule has 1 atom stereocenters. The Balaban J connectivity index is 2.76. The van der Waals surface area contributed by atoms with E-state index < -0.39 is 12.0 Å². The van der Waals surface area contributed by atoms with Gasteiger partial charge in [-0.25, -0.2) is 4.98 Å². The standard InChI is InChI=1S/C12H15N3O2/c1-3-11(12(16)17)15(2)8-9-4-5-14-10(6-9)7-13/h4-6,11H,3,8H2,1-2H3,(H,16,17). The van der Waals surface area contributed by atoms with Gasteiger partial charge in [-0.15, -0.1) is 0 Å². The van der Waals surface area contributed by atoms with Crippen LogP contribution in [0.5, 0.6) is 0 Å². The van der Waals surface area contributed by atoms with E-state index in [2.05, 4.69) is 4.98 Å². The number of carboxylic acids is 1. The van der Waals surface area contributed by atoms with E-state index in [1.54, 1.807) is 30.3 Å². The Morgan fingerprint density at radius 3 is 2.94 bits per heavy atom. The summed E-state index contributed by atoms with van der Waals surface area (Å²) in [6, 6.07) is 4.91. The summed E-state index contributed by atoms with van der Waals surface area (Å²) in [5.74, 6) is -0.829. The molecular formula is C12H15N3O2. The smallest absolute Gasteiger partial charge is 0.320 e. The summed E-state index contributed by atoms with van der Waals surface area (Å²) in [6.07, 6.45) is 2.10. The minimum Gasteiger partial charge on any atom is -0.480 e. The normalized spacial score (nSPS) is 12.1. The maximum absolute atomic E-state index is 11.0. The second-order valence-electron chi connectivity index (χ2n) is 3.84. The van der Waals surface area contributed by atoms with Crippen molar-refractivity contribution in [3.8, 4) is 6.07 Å². The first-order valence-electron chi connectivity index (χ1n) is 5.36. The summed E-state index contributed by atoms with van der Waals surface area (Å²) < 4.78 is 0. The van der Waals surface area contributed by atoms with Crippen LogP contribution >= 0.6 is 0 Å². The molecule has 0 radical (unpaired) electrons. The lowest BCUT2D eigenvalue weighted by molar-refractivity contribution is -0.143. The predicted molar refractivity (Wildman–Crippen MR) is 62.1 cm³/mol. The van der Waals surface area contributed by atoms with Crippen LogP contribution in [0.1, 0.15) is 24.6 Å². The number of nitrogens with zero attached hydrogens (tertiary/aromatic N) is 3. The zero-order valence-electron chi connectivity index (χ0n) is 9.92. The van der Waals surface area contributed by atoms with Gasteiger partial charge >= 0.3 is 5.97 Å². The molecule has 17 heavy (non-hydrogen) atoms. The zero-order chi connectivity index (χ0) is 12.8. The maximum Gasteiger partial charge on any atom is 0.320 e. The Labute approximate surface area is 100 Å². The van der Waals surface area contributed by atoms with Crippen LogP contribution in [0.3, 0.4) is 0 Å². The van der Waals surface area contributed by atoms with E-state index >= 15 is 0 Å². The summed E-state index contributed by atoms with van der Waals surface area (Å²) in [5, 5.41) is 17.7. The summed E-state index contributed by atoms with van der Waals surface area (Å²) in [7, 11) is 1.76. The van der Waals surface area contributed by atoms with Gasteiger partial charge in [0.1, 0.15) is 17.8 Å². The van der Waals surface area contributed by atoms with Gasteiger partial charge in [0.2, 0.25) is 0 Å². The molecular weight excluding hydrogens is 218 g/mol. The van der Waals surface area contributed by atoms with Gasteiger partial charge in [-0.3, -0.25) is 9.69 Å². The number of hydrogen-bond acceptors (Lipinski definition) is 4. The average Bonchev–Trinajstić information content (AvgIpc) is 2.29. The minimum absolute atomic E-state index is 0.347. The van der Waals surface area contributed by atoms with Gasteiger partial charge in [-0.05, 0) is 31.2 Å². The molecule has 1 unspecified atom stereocenters. The van der Waals surface area contributed by atoms with E-state index in [-0.39, 0.29) is 0 Å². The summed E-state index contributed by atoms with van der Waals surface area (Å²) in [5.41, 5.74) is 1.23. The van der Waals surface area contributed by atoms with Crippen LogP contribution in [-0.2, 0) is 11.3 Å². The van der Waals surface area contributed by atoms with Gasteiger partial charge in [0.15, 0.2) is 0 Å². The lowest BCUT2D eigenvalue weighted by atomic mass is 10.1. The van der Waals surface area contributed by atoms with Crippen molar-refractivity contribution in [1.29, 1.82) is 5.26 Å². The van der Waals surface area contributed by atoms with Crippen molar-refractivity contribution in [3.63, 3.8) is 0 Å². The van der Waals surface area contributed by atoms with Crippen molar-refractivity contribution in [2.24, 2.45) is 0 Å². The number of carboxylic acid groups (broad SMARTS) is 1. The Kier molecular flexibility index (Phi) is 4.61. The molecule has 0 aliphatic rings. The molecule has 1 aromatic heterocycles. The number of aromatic nitrogens is 1. The van der Waals surface area contributed by atoms with E-state index in [9.17, 15) is 4.79 Å². The number of nitriles is 1. The van der Waals surface area contributed by atoms with Crippen LogP contribution < -0.4 is 0 Å². The average molecular weight is 233 g/mol. The Morgan fingerprint density at radius 1 is 1.71 bits per heavy atom. The van der Waals surface area contributed by atoms with Crippen molar-refractivity contribution in [2.45, 2.75) is 25.9 Å². The van der Waals surface area contributed by atoms with Crippen LogP contribution in [0, 0.1) is 11.3 Å². The van der Waals surface area contributed by atoms with Crippen LogP contribution in [0.15, 0.2) is 18.3 Å². The van der Waals surface area contributed by atoms with E-state index in [1.165, 1.54) is 0 Å². The summed E-state index contributed by atoms with van der Waals surface area (Å²) in [4.78, 5) is 16.6. The number of pyridine rings is 1. The largest absolute Gasteiger partial charge is 0.480 e. The van der Waals surface area contributed by atoms with Gasteiger partial charge in [0.05, 0.1) is 0 Å². The van der Waals surface area contributed by atoms with Crippen molar-refractivity contribution in [1.82, 2.24) is 9.88 Å². The van der Waals surface area contributed by atoms with Gasteiger partial charge in [0, 0.05) is 12.7 Å². The molecule has 5 heteroatoms. The van der Waals surface area contributed by atoms with E-state index in [0.717, 1.165) is 5.56 Å². The van der Waals surface area contributed by atoms with E-state index in [0.29, 0.717) is 18.7 Å². The molecule has 0 aliphatic carbocycles. The highest BCUT2D eigenvalue weighted by molar-refractivity contribution is 5.73. The lowest BCUT2D eigenvalue weighted by Crippen LogP contribution is -2.37. The van der Waals surface area contributed by atoms with Gasteiger partial charge in [0.25, 0.3) is 0 Å². The highest BCUT2D eigenvalue weighted by Gasteiger charge is 2.20. The van der Waals surface area contributed by atoms with Crippen LogP contribution in [0.25, 0.3) is 0 Å². The molecule has 0 spiro atoms. The van der Waals surface area contributed by atoms with Crippen molar-refractivity contribution in [3.05, 3.63) is 29.6 Å².